The fraction of sp³-hybridized carbons (Fsp3) is 0.556. The summed E-state index contributed by atoms with van der Waals surface area (Å²) in [6.45, 7) is 0. The summed E-state index contributed by atoms with van der Waals surface area (Å²) in [5, 5.41) is 18.0. The van der Waals surface area contributed by atoms with Crippen molar-refractivity contribution in [1.82, 2.24) is 0 Å². The van der Waals surface area contributed by atoms with Crippen LogP contribution < -0.4 is 0 Å². The van der Waals surface area contributed by atoms with Crippen molar-refractivity contribution < 1.29 is 41.0 Å². The van der Waals surface area contributed by atoms with Crippen LogP contribution in [0, 0.1) is 0 Å². The lowest BCUT2D eigenvalue weighted by Crippen LogP contribution is -2.57. The summed E-state index contributed by atoms with van der Waals surface area (Å²) in [5.41, 5.74) is -4.99. The van der Waals surface area contributed by atoms with Gasteiger partial charge in [0.05, 0.1) is 6.26 Å². The Kier molecular flexibility index (Phi) is 3.68. The molecule has 3 nitrogen and oxygen atoms in total. The van der Waals surface area contributed by atoms with Gasteiger partial charge >= 0.3 is 12.4 Å². The Morgan fingerprint density at radius 1 is 1.11 bits per heavy atom. The number of furan rings is 1. The third-order valence-electron chi connectivity index (χ3n) is 2.30. The molecule has 0 amide bonds. The van der Waals surface area contributed by atoms with E-state index in [1.165, 1.54) is 6.07 Å². The van der Waals surface area contributed by atoms with E-state index in [9.17, 15) is 31.4 Å². The highest BCUT2D eigenvalue weighted by atomic mass is 19.4. The van der Waals surface area contributed by atoms with Crippen molar-refractivity contribution in [2.75, 3.05) is 0 Å². The Bertz CT molecular complexity index is 366. The first-order valence-corrected chi connectivity index (χ1v) is 4.56. The minimum absolute atomic E-state index is 0.498. The third kappa shape index (κ3) is 2.61. The molecule has 0 saturated carbocycles. The molecule has 0 aliphatic rings. The van der Waals surface area contributed by atoms with Crippen molar-refractivity contribution in [1.29, 1.82) is 0 Å². The van der Waals surface area contributed by atoms with Crippen molar-refractivity contribution in [3.63, 3.8) is 0 Å². The van der Waals surface area contributed by atoms with Gasteiger partial charge in [-0.15, -0.1) is 0 Å². The van der Waals surface area contributed by atoms with E-state index >= 15 is 0 Å². The highest BCUT2D eigenvalue weighted by molar-refractivity contribution is 5.06. The van der Waals surface area contributed by atoms with Gasteiger partial charge in [0.25, 0.3) is 5.60 Å². The number of alkyl halides is 6. The number of aliphatic hydroxyl groups is 2. The van der Waals surface area contributed by atoms with Crippen LogP contribution >= 0.6 is 0 Å². The van der Waals surface area contributed by atoms with Crippen molar-refractivity contribution in [2.45, 2.75) is 30.5 Å². The van der Waals surface area contributed by atoms with Gasteiger partial charge < -0.3 is 14.6 Å². The smallest absolute Gasteiger partial charge is 0.426 e. The normalized spacial score (nSPS) is 15.8. The van der Waals surface area contributed by atoms with E-state index in [2.05, 4.69) is 4.42 Å². The molecular formula is C9H8F6O3. The fourth-order valence-electron chi connectivity index (χ4n) is 1.25. The average molecular weight is 278 g/mol. The molecular weight excluding hydrogens is 270 g/mol. The summed E-state index contributed by atoms with van der Waals surface area (Å²) < 4.78 is 78.2. The van der Waals surface area contributed by atoms with Crippen LogP contribution in [0.2, 0.25) is 0 Å². The van der Waals surface area contributed by atoms with Gasteiger partial charge in [0.15, 0.2) is 0 Å². The molecule has 0 aliphatic heterocycles. The molecule has 0 spiro atoms. The first-order chi connectivity index (χ1) is 7.99. The van der Waals surface area contributed by atoms with Gasteiger partial charge in [-0.05, 0) is 12.1 Å². The number of hydrogen-bond acceptors (Lipinski definition) is 3. The molecule has 1 aromatic heterocycles. The molecule has 0 bridgehead atoms. The Labute approximate surface area is 96.6 Å². The standard InChI is InChI=1S/C9H8F6O3/c10-8(11,12)7(17,9(13,14)15)4-5(16)6-2-1-3-18-6/h1-3,5,16-17H,4H2. The molecule has 18 heavy (non-hydrogen) atoms. The third-order valence-corrected chi connectivity index (χ3v) is 2.30. The first-order valence-electron chi connectivity index (χ1n) is 4.56. The van der Waals surface area contributed by atoms with Crippen LogP contribution in [0.3, 0.4) is 0 Å². The number of halogens is 6. The molecule has 1 heterocycles. The van der Waals surface area contributed by atoms with E-state index < -0.39 is 36.2 Å². The van der Waals surface area contributed by atoms with Crippen molar-refractivity contribution >= 4 is 0 Å². The highest BCUT2D eigenvalue weighted by Crippen LogP contribution is 2.47. The zero-order chi connectivity index (χ0) is 14.2. The lowest BCUT2D eigenvalue weighted by Gasteiger charge is -2.33. The van der Waals surface area contributed by atoms with Gasteiger partial charge in [0.2, 0.25) is 0 Å². The molecule has 0 saturated heterocycles. The van der Waals surface area contributed by atoms with Crippen LogP contribution in [0.15, 0.2) is 22.8 Å². The second kappa shape index (κ2) is 4.47. The zero-order valence-corrected chi connectivity index (χ0v) is 8.59. The Hall–Kier alpha value is -1.22. The van der Waals surface area contributed by atoms with E-state index in [1.807, 2.05) is 0 Å². The molecule has 0 aromatic carbocycles. The van der Waals surface area contributed by atoms with Gasteiger partial charge in [0, 0.05) is 6.42 Å². The minimum Gasteiger partial charge on any atom is -0.467 e. The number of aliphatic hydroxyl groups excluding tert-OH is 1. The van der Waals surface area contributed by atoms with E-state index in [4.69, 9.17) is 5.11 Å². The fourth-order valence-corrected chi connectivity index (χ4v) is 1.25. The summed E-state index contributed by atoms with van der Waals surface area (Å²) in [6.07, 6.45) is -15.2. The summed E-state index contributed by atoms with van der Waals surface area (Å²) >= 11 is 0. The average Bonchev–Trinajstić information content (AvgIpc) is 2.66. The largest absolute Gasteiger partial charge is 0.467 e. The molecule has 1 atom stereocenters. The first kappa shape index (κ1) is 14.8. The van der Waals surface area contributed by atoms with Gasteiger partial charge in [-0.25, -0.2) is 0 Å². The SMILES string of the molecule is OC(CC(O)(C(F)(F)F)C(F)(F)F)c1ccco1. The molecule has 104 valence electrons. The van der Waals surface area contributed by atoms with Crippen molar-refractivity contribution in [2.24, 2.45) is 0 Å². The number of rotatable bonds is 3. The summed E-state index contributed by atoms with van der Waals surface area (Å²) in [4.78, 5) is 0. The van der Waals surface area contributed by atoms with Crippen LogP contribution in [-0.2, 0) is 0 Å². The summed E-state index contributed by atoms with van der Waals surface area (Å²) in [6, 6.07) is 2.18. The van der Waals surface area contributed by atoms with Gasteiger partial charge in [-0.2, -0.15) is 26.3 Å². The predicted octanol–water partition coefficient (Wildman–Crippen LogP) is 2.56. The van der Waals surface area contributed by atoms with Crippen LogP contribution in [0.4, 0.5) is 26.3 Å². The van der Waals surface area contributed by atoms with E-state index in [-0.39, 0.29) is 0 Å². The molecule has 1 unspecified atom stereocenters. The lowest BCUT2D eigenvalue weighted by atomic mass is 9.93. The maximum Gasteiger partial charge on any atom is 0.426 e. The van der Waals surface area contributed by atoms with Crippen molar-refractivity contribution in [3.8, 4) is 0 Å². The maximum atomic E-state index is 12.3. The molecule has 9 heteroatoms. The van der Waals surface area contributed by atoms with Crippen molar-refractivity contribution in [3.05, 3.63) is 24.2 Å². The highest BCUT2D eigenvalue weighted by Gasteiger charge is 2.70. The second-order valence-electron chi connectivity index (χ2n) is 3.59. The minimum atomic E-state index is -5.96. The Balaban J connectivity index is 3.01. The quantitative estimate of drug-likeness (QED) is 0.835. The molecule has 2 N–H and O–H groups in total. The predicted molar refractivity (Wildman–Crippen MR) is 45.3 cm³/mol. The second-order valence-corrected chi connectivity index (χ2v) is 3.59. The van der Waals surface area contributed by atoms with Gasteiger partial charge in [0.1, 0.15) is 11.9 Å². The van der Waals surface area contributed by atoms with Gasteiger partial charge in [-0.3, -0.25) is 0 Å². The van der Waals surface area contributed by atoms with Crippen LogP contribution in [0.25, 0.3) is 0 Å². The van der Waals surface area contributed by atoms with E-state index in [0.717, 1.165) is 12.3 Å². The summed E-state index contributed by atoms with van der Waals surface area (Å²) in [5.74, 6) is -0.498. The van der Waals surface area contributed by atoms with Gasteiger partial charge in [-0.1, -0.05) is 0 Å². The zero-order valence-electron chi connectivity index (χ0n) is 8.59. The monoisotopic (exact) mass is 278 g/mol. The topological polar surface area (TPSA) is 53.6 Å². The van der Waals surface area contributed by atoms with E-state index in [1.54, 1.807) is 0 Å². The van der Waals surface area contributed by atoms with Crippen LogP contribution in [-0.4, -0.2) is 28.2 Å². The molecule has 1 rings (SSSR count). The molecule has 0 radical (unpaired) electrons. The molecule has 0 aliphatic carbocycles. The maximum absolute atomic E-state index is 12.3. The lowest BCUT2D eigenvalue weighted by molar-refractivity contribution is -0.374. The Morgan fingerprint density at radius 2 is 1.61 bits per heavy atom. The van der Waals surface area contributed by atoms with Crippen LogP contribution in [0.5, 0.6) is 0 Å². The number of hydrogen-bond donors (Lipinski definition) is 2. The van der Waals surface area contributed by atoms with E-state index in [0.29, 0.717) is 0 Å². The molecule has 1 aromatic rings. The Morgan fingerprint density at radius 3 is 1.94 bits per heavy atom. The van der Waals surface area contributed by atoms with Crippen LogP contribution in [0.1, 0.15) is 18.3 Å². The molecule has 0 fully saturated rings. The summed E-state index contributed by atoms with van der Waals surface area (Å²) in [7, 11) is 0.